The molecule has 0 saturated carbocycles. The number of nitrogens with one attached hydrogen (secondary N) is 1. The number of hydrogen-bond donors (Lipinski definition) is 2. The van der Waals surface area contributed by atoms with Crippen LogP contribution in [0.2, 0.25) is 0 Å². The standard InChI is InChI=1S/C20H16N2O3/c23-20-19(15-3-1-2-4-17(15)22-20)18-7-5-12-9-13(6-8-16(12)21-18)24-10-14-11-25-14/h1-9,14,22-23H,10-11H2. The fraction of sp³-hybridized carbons (Fsp3) is 0.150. The molecule has 0 aliphatic carbocycles. The average molecular weight is 332 g/mol. The molecule has 2 N–H and O–H groups in total. The number of aromatic amines is 1. The topological polar surface area (TPSA) is 70.7 Å². The SMILES string of the molecule is Oc1[nH]c2ccccc2c1-c1ccc2cc(OCC3CO3)ccc2n1. The Labute approximate surface area is 143 Å². The molecule has 0 radical (unpaired) electrons. The summed E-state index contributed by atoms with van der Waals surface area (Å²) in [5.74, 6) is 0.949. The van der Waals surface area contributed by atoms with Crippen LogP contribution in [-0.4, -0.2) is 34.4 Å². The Hall–Kier alpha value is -3.05. The molecule has 1 fully saturated rings. The van der Waals surface area contributed by atoms with E-state index in [-0.39, 0.29) is 12.0 Å². The van der Waals surface area contributed by atoms with Gasteiger partial charge < -0.3 is 19.6 Å². The summed E-state index contributed by atoms with van der Waals surface area (Å²) in [5.41, 5.74) is 3.21. The molecule has 2 aromatic heterocycles. The van der Waals surface area contributed by atoms with Gasteiger partial charge in [0.15, 0.2) is 5.88 Å². The number of fused-ring (bicyclic) bond motifs is 2. The molecule has 25 heavy (non-hydrogen) atoms. The van der Waals surface area contributed by atoms with Crippen LogP contribution in [0, 0.1) is 0 Å². The van der Waals surface area contributed by atoms with Crippen molar-refractivity contribution in [1.29, 1.82) is 0 Å². The van der Waals surface area contributed by atoms with E-state index in [0.29, 0.717) is 6.61 Å². The first kappa shape index (κ1) is 14.3. The van der Waals surface area contributed by atoms with Crippen LogP contribution in [0.25, 0.3) is 33.1 Å². The predicted molar refractivity (Wildman–Crippen MR) is 95.9 cm³/mol. The minimum absolute atomic E-state index is 0.137. The van der Waals surface area contributed by atoms with Crippen LogP contribution in [-0.2, 0) is 4.74 Å². The maximum Gasteiger partial charge on any atom is 0.199 e. The Balaban J connectivity index is 1.55. The summed E-state index contributed by atoms with van der Waals surface area (Å²) >= 11 is 0. The Morgan fingerprint density at radius 2 is 2.04 bits per heavy atom. The summed E-state index contributed by atoms with van der Waals surface area (Å²) in [6.07, 6.45) is 0.237. The molecule has 3 heterocycles. The zero-order valence-corrected chi connectivity index (χ0v) is 13.4. The Bertz CT molecular complexity index is 1080. The first-order valence-electron chi connectivity index (χ1n) is 8.23. The van der Waals surface area contributed by atoms with E-state index < -0.39 is 0 Å². The van der Waals surface area contributed by atoms with Crippen molar-refractivity contribution in [2.45, 2.75) is 6.10 Å². The molecule has 0 amide bonds. The number of benzene rings is 2. The fourth-order valence-corrected chi connectivity index (χ4v) is 3.07. The van der Waals surface area contributed by atoms with Gasteiger partial charge in [-0.3, -0.25) is 0 Å². The first-order chi connectivity index (χ1) is 12.3. The molecular weight excluding hydrogens is 316 g/mol. The average Bonchev–Trinajstić information content (AvgIpc) is 3.40. The van der Waals surface area contributed by atoms with Gasteiger partial charge in [-0.1, -0.05) is 24.3 Å². The zero-order chi connectivity index (χ0) is 16.8. The van der Waals surface area contributed by atoms with E-state index in [1.54, 1.807) is 0 Å². The summed E-state index contributed by atoms with van der Waals surface area (Å²) in [4.78, 5) is 7.72. The fourth-order valence-electron chi connectivity index (χ4n) is 3.07. The lowest BCUT2D eigenvalue weighted by atomic mass is 10.1. The second-order valence-corrected chi connectivity index (χ2v) is 6.21. The second kappa shape index (κ2) is 5.50. The van der Waals surface area contributed by atoms with E-state index in [4.69, 9.17) is 14.5 Å². The van der Waals surface area contributed by atoms with Gasteiger partial charge >= 0.3 is 0 Å². The first-order valence-corrected chi connectivity index (χ1v) is 8.23. The molecule has 2 aromatic carbocycles. The number of ether oxygens (including phenoxy) is 2. The van der Waals surface area contributed by atoms with Crippen LogP contribution in [0.5, 0.6) is 11.6 Å². The van der Waals surface area contributed by atoms with Gasteiger partial charge in [-0.2, -0.15) is 0 Å². The van der Waals surface area contributed by atoms with Gasteiger partial charge in [0.1, 0.15) is 18.5 Å². The molecule has 1 aliphatic heterocycles. The van der Waals surface area contributed by atoms with E-state index in [0.717, 1.165) is 45.4 Å². The summed E-state index contributed by atoms with van der Waals surface area (Å²) in [7, 11) is 0. The minimum atomic E-state index is 0.137. The van der Waals surface area contributed by atoms with Gasteiger partial charge in [0, 0.05) is 16.3 Å². The highest BCUT2D eigenvalue weighted by Crippen LogP contribution is 2.36. The van der Waals surface area contributed by atoms with Crippen molar-refractivity contribution >= 4 is 21.8 Å². The van der Waals surface area contributed by atoms with E-state index in [9.17, 15) is 5.11 Å². The van der Waals surface area contributed by atoms with Crippen molar-refractivity contribution in [3.05, 3.63) is 54.6 Å². The van der Waals surface area contributed by atoms with Gasteiger partial charge in [0.05, 0.1) is 23.4 Å². The molecule has 1 unspecified atom stereocenters. The number of para-hydroxylation sites is 1. The largest absolute Gasteiger partial charge is 0.494 e. The number of aromatic nitrogens is 2. The molecule has 5 nitrogen and oxygen atoms in total. The summed E-state index contributed by atoms with van der Waals surface area (Å²) in [5, 5.41) is 12.3. The molecule has 1 aliphatic rings. The maximum atomic E-state index is 10.3. The number of rotatable bonds is 4. The highest BCUT2D eigenvalue weighted by molar-refractivity contribution is 5.99. The number of hydrogen-bond acceptors (Lipinski definition) is 4. The molecule has 1 atom stereocenters. The summed E-state index contributed by atoms with van der Waals surface area (Å²) < 4.78 is 10.9. The van der Waals surface area contributed by atoms with Gasteiger partial charge in [-0.05, 0) is 30.3 Å². The van der Waals surface area contributed by atoms with Crippen LogP contribution in [0.15, 0.2) is 54.6 Å². The van der Waals surface area contributed by atoms with E-state index >= 15 is 0 Å². The van der Waals surface area contributed by atoms with Crippen LogP contribution in [0.4, 0.5) is 0 Å². The Morgan fingerprint density at radius 3 is 2.92 bits per heavy atom. The van der Waals surface area contributed by atoms with Crippen LogP contribution < -0.4 is 4.74 Å². The number of H-pyrrole nitrogens is 1. The van der Waals surface area contributed by atoms with Crippen molar-refractivity contribution < 1.29 is 14.6 Å². The third-order valence-corrected chi connectivity index (χ3v) is 4.44. The molecular formula is C20H16N2O3. The predicted octanol–water partition coefficient (Wildman–Crippen LogP) is 3.87. The second-order valence-electron chi connectivity index (χ2n) is 6.21. The highest BCUT2D eigenvalue weighted by Gasteiger charge is 2.23. The molecule has 0 bridgehead atoms. The van der Waals surface area contributed by atoms with E-state index in [2.05, 4.69) is 4.98 Å². The van der Waals surface area contributed by atoms with Crippen LogP contribution in [0.1, 0.15) is 0 Å². The Kier molecular flexibility index (Phi) is 3.15. The molecule has 5 heteroatoms. The van der Waals surface area contributed by atoms with Gasteiger partial charge in [-0.25, -0.2) is 4.98 Å². The van der Waals surface area contributed by atoms with Crippen molar-refractivity contribution in [3.8, 4) is 22.9 Å². The van der Waals surface area contributed by atoms with Crippen molar-refractivity contribution in [2.75, 3.05) is 13.2 Å². The smallest absolute Gasteiger partial charge is 0.199 e. The molecule has 4 aromatic rings. The number of aromatic hydroxyl groups is 1. The number of epoxide rings is 1. The monoisotopic (exact) mass is 332 g/mol. The van der Waals surface area contributed by atoms with Crippen LogP contribution in [0.3, 0.4) is 0 Å². The quantitative estimate of drug-likeness (QED) is 0.557. The summed E-state index contributed by atoms with van der Waals surface area (Å²) in [6, 6.07) is 17.5. The van der Waals surface area contributed by atoms with E-state index in [1.165, 1.54) is 0 Å². The lowest BCUT2D eigenvalue weighted by molar-refractivity contribution is 0.263. The zero-order valence-electron chi connectivity index (χ0n) is 13.4. The third-order valence-electron chi connectivity index (χ3n) is 4.44. The molecule has 0 spiro atoms. The van der Waals surface area contributed by atoms with E-state index in [1.807, 2.05) is 54.6 Å². The van der Waals surface area contributed by atoms with Crippen molar-refractivity contribution in [3.63, 3.8) is 0 Å². The lowest BCUT2D eigenvalue weighted by Gasteiger charge is -2.07. The van der Waals surface area contributed by atoms with Crippen LogP contribution >= 0.6 is 0 Å². The van der Waals surface area contributed by atoms with Crippen molar-refractivity contribution in [1.82, 2.24) is 9.97 Å². The summed E-state index contributed by atoms with van der Waals surface area (Å²) in [6.45, 7) is 1.37. The van der Waals surface area contributed by atoms with Gasteiger partial charge in [-0.15, -0.1) is 0 Å². The lowest BCUT2D eigenvalue weighted by Crippen LogP contribution is -2.03. The van der Waals surface area contributed by atoms with Gasteiger partial charge in [0.25, 0.3) is 0 Å². The number of pyridine rings is 1. The van der Waals surface area contributed by atoms with Gasteiger partial charge in [0.2, 0.25) is 0 Å². The molecule has 5 rings (SSSR count). The Morgan fingerprint density at radius 1 is 1.16 bits per heavy atom. The maximum absolute atomic E-state index is 10.3. The third kappa shape index (κ3) is 2.58. The molecule has 124 valence electrons. The normalized spacial score (nSPS) is 16.4. The minimum Gasteiger partial charge on any atom is -0.494 e. The van der Waals surface area contributed by atoms with Crippen molar-refractivity contribution in [2.24, 2.45) is 0 Å². The molecule has 1 saturated heterocycles. The highest BCUT2D eigenvalue weighted by atomic mass is 16.6. The number of nitrogens with zero attached hydrogens (tertiary/aromatic N) is 1.